The summed E-state index contributed by atoms with van der Waals surface area (Å²) < 4.78 is 0. The van der Waals surface area contributed by atoms with Gasteiger partial charge in [0.1, 0.15) is 17.8 Å². The second-order valence-corrected chi connectivity index (χ2v) is 7.17. The molecule has 1 aliphatic heterocycles. The van der Waals surface area contributed by atoms with Gasteiger partial charge in [-0.05, 0) is 35.8 Å². The van der Waals surface area contributed by atoms with E-state index in [1.807, 2.05) is 24.3 Å². The number of carboxylic acid groups (broad SMARTS) is 1. The summed E-state index contributed by atoms with van der Waals surface area (Å²) in [5, 5.41) is 21.4. The number of benzene rings is 1. The number of fused-ring (bicyclic) bond motifs is 2. The summed E-state index contributed by atoms with van der Waals surface area (Å²) in [6, 6.07) is 5.97. The van der Waals surface area contributed by atoms with E-state index in [0.29, 0.717) is 37.5 Å². The molecule has 0 spiro atoms. The van der Waals surface area contributed by atoms with Crippen LogP contribution in [-0.2, 0) is 6.54 Å². The Morgan fingerprint density at radius 1 is 1.30 bits per heavy atom. The molecule has 30 heavy (non-hydrogen) atoms. The Balaban J connectivity index is 1.48. The van der Waals surface area contributed by atoms with Crippen LogP contribution >= 0.6 is 0 Å². The quantitative estimate of drug-likeness (QED) is 0.351. The Labute approximate surface area is 170 Å². The Morgan fingerprint density at radius 2 is 2.20 bits per heavy atom. The molecular formula is C20H20N8O2. The first-order valence-corrected chi connectivity index (χ1v) is 9.56. The number of rotatable bonds is 4. The van der Waals surface area contributed by atoms with Crippen molar-refractivity contribution in [3.8, 4) is 0 Å². The number of nitrogens with two attached hydrogens (primary N) is 1. The lowest BCUT2D eigenvalue weighted by Gasteiger charge is -2.23. The minimum absolute atomic E-state index is 0.378. The molecule has 4 aromatic rings. The maximum Gasteiger partial charge on any atom is 0.407 e. The van der Waals surface area contributed by atoms with Gasteiger partial charge in [0.2, 0.25) is 0 Å². The molecule has 10 heteroatoms. The van der Waals surface area contributed by atoms with Crippen LogP contribution < -0.4 is 11.1 Å². The second-order valence-electron chi connectivity index (χ2n) is 7.17. The van der Waals surface area contributed by atoms with Gasteiger partial charge in [-0.2, -0.15) is 5.10 Å². The summed E-state index contributed by atoms with van der Waals surface area (Å²) in [7, 11) is 0. The predicted octanol–water partition coefficient (Wildman–Crippen LogP) is 2.80. The Bertz CT molecular complexity index is 1290. The first kappa shape index (κ1) is 18.1. The fourth-order valence-corrected chi connectivity index (χ4v) is 3.80. The molecule has 10 nitrogen and oxygen atoms in total. The van der Waals surface area contributed by atoms with Gasteiger partial charge in [-0.25, -0.2) is 14.8 Å². The molecule has 152 valence electrons. The molecule has 3 aromatic heterocycles. The SMILES string of the molecule is NCc1cc(Nc2ncnc3[nH]c(C4=CCN(C(=O)O)CC4)cc23)cc2cn[nH]c12. The molecule has 1 amide bonds. The third-order valence-electron chi connectivity index (χ3n) is 5.36. The number of H-pyrrole nitrogens is 2. The van der Waals surface area contributed by atoms with E-state index < -0.39 is 6.09 Å². The van der Waals surface area contributed by atoms with Gasteiger partial charge in [0, 0.05) is 36.4 Å². The van der Waals surface area contributed by atoms with E-state index in [1.165, 1.54) is 11.2 Å². The monoisotopic (exact) mass is 404 g/mol. The largest absolute Gasteiger partial charge is 0.465 e. The van der Waals surface area contributed by atoms with Gasteiger partial charge in [0.25, 0.3) is 0 Å². The molecular weight excluding hydrogens is 384 g/mol. The summed E-state index contributed by atoms with van der Waals surface area (Å²) >= 11 is 0. The van der Waals surface area contributed by atoms with Gasteiger partial charge in [-0.3, -0.25) is 5.10 Å². The molecule has 0 radical (unpaired) electrons. The van der Waals surface area contributed by atoms with E-state index in [-0.39, 0.29) is 0 Å². The van der Waals surface area contributed by atoms with E-state index in [2.05, 4.69) is 30.5 Å². The normalized spacial score (nSPS) is 14.3. The number of nitrogens with zero attached hydrogens (tertiary/aromatic N) is 4. The predicted molar refractivity (Wildman–Crippen MR) is 113 cm³/mol. The van der Waals surface area contributed by atoms with Crippen molar-refractivity contribution in [2.24, 2.45) is 5.73 Å². The van der Waals surface area contributed by atoms with Gasteiger partial charge in [-0.15, -0.1) is 0 Å². The zero-order chi connectivity index (χ0) is 20.7. The van der Waals surface area contributed by atoms with Crippen LogP contribution in [0.5, 0.6) is 0 Å². The minimum atomic E-state index is -0.897. The van der Waals surface area contributed by atoms with Crippen LogP contribution in [0, 0.1) is 0 Å². The number of aromatic amines is 2. The zero-order valence-corrected chi connectivity index (χ0v) is 16.0. The fraction of sp³-hybridized carbons (Fsp3) is 0.200. The second kappa shape index (κ2) is 7.16. The molecule has 6 N–H and O–H groups in total. The highest BCUT2D eigenvalue weighted by Crippen LogP contribution is 2.30. The van der Waals surface area contributed by atoms with Crippen molar-refractivity contribution >= 4 is 45.1 Å². The maximum absolute atomic E-state index is 11.1. The molecule has 0 saturated carbocycles. The molecule has 0 unspecified atom stereocenters. The van der Waals surface area contributed by atoms with E-state index in [4.69, 9.17) is 10.8 Å². The van der Waals surface area contributed by atoms with Gasteiger partial charge in [0.05, 0.1) is 17.1 Å². The van der Waals surface area contributed by atoms with E-state index >= 15 is 0 Å². The van der Waals surface area contributed by atoms with Gasteiger partial charge < -0.3 is 26.0 Å². The zero-order valence-electron chi connectivity index (χ0n) is 16.0. The van der Waals surface area contributed by atoms with E-state index in [9.17, 15) is 4.79 Å². The standard InChI is InChI=1S/C20H20N8O2/c21-8-12-5-14(6-13-9-24-27-17(12)13)25-18-15-7-16(26-19(15)23-10-22-18)11-1-3-28(4-2-11)20(29)30/h1,5-7,9-10H,2-4,8,21H2,(H,24,27)(H,29,30)(H2,22,23,25,26). The van der Waals surface area contributed by atoms with Gasteiger partial charge >= 0.3 is 6.09 Å². The van der Waals surface area contributed by atoms with Crippen molar-refractivity contribution in [1.29, 1.82) is 0 Å². The first-order chi connectivity index (χ1) is 14.6. The summed E-state index contributed by atoms with van der Waals surface area (Å²) in [6.45, 7) is 1.24. The number of hydrogen-bond acceptors (Lipinski definition) is 6. The lowest BCUT2D eigenvalue weighted by atomic mass is 10.1. The molecule has 0 atom stereocenters. The Hall–Kier alpha value is -3.92. The van der Waals surface area contributed by atoms with Gasteiger partial charge in [0.15, 0.2) is 0 Å². The minimum Gasteiger partial charge on any atom is -0.465 e. The van der Waals surface area contributed by atoms with Crippen molar-refractivity contribution in [3.63, 3.8) is 0 Å². The molecule has 0 saturated heterocycles. The van der Waals surface area contributed by atoms with Crippen LogP contribution in [0.2, 0.25) is 0 Å². The van der Waals surface area contributed by atoms with Gasteiger partial charge in [-0.1, -0.05) is 6.08 Å². The molecule has 4 heterocycles. The fourth-order valence-electron chi connectivity index (χ4n) is 3.80. The average Bonchev–Trinajstić information content (AvgIpc) is 3.40. The number of aromatic nitrogens is 5. The molecule has 0 fully saturated rings. The maximum atomic E-state index is 11.1. The van der Waals surface area contributed by atoms with Crippen LogP contribution in [0.15, 0.2) is 36.8 Å². The molecule has 1 aromatic carbocycles. The number of carbonyl (C=O) groups is 1. The van der Waals surface area contributed by atoms with Crippen LogP contribution in [0.1, 0.15) is 17.7 Å². The lowest BCUT2D eigenvalue weighted by Crippen LogP contribution is -2.33. The smallest absolute Gasteiger partial charge is 0.407 e. The molecule has 0 bridgehead atoms. The molecule has 0 aliphatic carbocycles. The van der Waals surface area contributed by atoms with Crippen LogP contribution in [0.3, 0.4) is 0 Å². The highest BCUT2D eigenvalue weighted by molar-refractivity contribution is 5.93. The van der Waals surface area contributed by atoms with E-state index in [0.717, 1.165) is 38.8 Å². The first-order valence-electron chi connectivity index (χ1n) is 9.56. The lowest BCUT2D eigenvalue weighted by molar-refractivity contribution is 0.150. The number of amides is 1. The number of nitrogens with one attached hydrogen (secondary N) is 3. The Kier molecular flexibility index (Phi) is 4.32. The van der Waals surface area contributed by atoms with Crippen LogP contribution in [0.4, 0.5) is 16.3 Å². The molecule has 1 aliphatic rings. The number of anilines is 2. The average molecular weight is 404 g/mol. The van der Waals surface area contributed by atoms with Crippen molar-refractivity contribution in [3.05, 3.63) is 48.1 Å². The van der Waals surface area contributed by atoms with Crippen molar-refractivity contribution in [2.45, 2.75) is 13.0 Å². The highest BCUT2D eigenvalue weighted by Gasteiger charge is 2.19. The summed E-state index contributed by atoms with van der Waals surface area (Å²) in [5.41, 5.74) is 11.4. The third-order valence-corrected chi connectivity index (χ3v) is 5.36. The highest BCUT2D eigenvalue weighted by atomic mass is 16.4. The van der Waals surface area contributed by atoms with Crippen LogP contribution in [0.25, 0.3) is 27.5 Å². The van der Waals surface area contributed by atoms with Crippen molar-refractivity contribution in [1.82, 2.24) is 30.0 Å². The Morgan fingerprint density at radius 3 is 2.97 bits per heavy atom. The van der Waals surface area contributed by atoms with Crippen LogP contribution in [-0.4, -0.2) is 54.3 Å². The molecule has 5 rings (SSSR count). The summed E-state index contributed by atoms with van der Waals surface area (Å²) in [5.74, 6) is 0.678. The van der Waals surface area contributed by atoms with Crippen molar-refractivity contribution < 1.29 is 9.90 Å². The topological polar surface area (TPSA) is 149 Å². The number of hydrogen-bond donors (Lipinski definition) is 5. The third kappa shape index (κ3) is 3.12. The summed E-state index contributed by atoms with van der Waals surface area (Å²) in [6.07, 6.45) is 4.95. The summed E-state index contributed by atoms with van der Waals surface area (Å²) in [4.78, 5) is 24.6. The van der Waals surface area contributed by atoms with E-state index in [1.54, 1.807) is 6.20 Å². The van der Waals surface area contributed by atoms with Crippen molar-refractivity contribution in [2.75, 3.05) is 18.4 Å².